The van der Waals surface area contributed by atoms with E-state index in [4.69, 9.17) is 37.9 Å². The van der Waals surface area contributed by atoms with Gasteiger partial charge in [0.1, 0.15) is 23.7 Å². The van der Waals surface area contributed by atoms with E-state index in [2.05, 4.69) is 6.58 Å². The second-order valence-electron chi connectivity index (χ2n) is 9.41. The van der Waals surface area contributed by atoms with Gasteiger partial charge >= 0.3 is 30.0 Å². The Labute approximate surface area is 246 Å². The van der Waals surface area contributed by atoms with Gasteiger partial charge in [-0.15, -0.1) is 0 Å². The highest BCUT2D eigenvalue weighted by atomic mass is 16.7. The van der Waals surface area contributed by atoms with Crippen molar-refractivity contribution in [2.45, 2.75) is 44.2 Å². The molecule has 0 spiro atoms. The Hall–Kier alpha value is -4.75. The lowest BCUT2D eigenvalue weighted by atomic mass is 10.1. The molecule has 0 radical (unpaired) electrons. The van der Waals surface area contributed by atoms with Gasteiger partial charge in [-0.05, 0) is 61.4 Å². The number of esters is 4. The predicted octanol–water partition coefficient (Wildman–Crippen LogP) is 3.19. The van der Waals surface area contributed by atoms with Crippen LogP contribution in [-0.4, -0.2) is 80.9 Å². The molecule has 0 amide bonds. The first-order chi connectivity index (χ1) is 20.7. The zero-order valence-electron chi connectivity index (χ0n) is 23.3. The van der Waals surface area contributed by atoms with Crippen molar-refractivity contribution in [2.75, 3.05) is 26.4 Å². The molecule has 0 N–H and O–H groups in total. The fraction of sp³-hybridized carbons (Fsp3) is 0.367. The minimum absolute atomic E-state index is 0.0772. The van der Waals surface area contributed by atoms with Crippen LogP contribution in [0.5, 0.6) is 11.5 Å². The fourth-order valence-electron chi connectivity index (χ4n) is 4.25. The molecule has 2 aliphatic heterocycles. The van der Waals surface area contributed by atoms with Crippen LogP contribution in [0, 0.1) is 0 Å². The normalized spacial score (nSPS) is 20.3. The molecule has 4 atom stereocenters. The van der Waals surface area contributed by atoms with Crippen molar-refractivity contribution in [1.82, 2.24) is 0 Å². The average Bonchev–Trinajstić information content (AvgIpc) is 3.58. The second-order valence-corrected chi connectivity index (χ2v) is 9.41. The first-order valence-corrected chi connectivity index (χ1v) is 13.4. The highest BCUT2D eigenvalue weighted by Crippen LogP contribution is 2.31. The number of carbonyl (C=O) groups excluding carboxylic acids is 5. The van der Waals surface area contributed by atoms with Crippen molar-refractivity contribution in [3.8, 4) is 11.5 Å². The number of unbranched alkanes of at least 4 members (excludes halogenated alkanes) is 1. The number of rotatable bonds is 12. The lowest BCUT2D eigenvalue weighted by Gasteiger charge is -2.17. The van der Waals surface area contributed by atoms with E-state index in [0.717, 1.165) is 6.08 Å². The van der Waals surface area contributed by atoms with Crippen molar-refractivity contribution < 1.29 is 61.9 Å². The molecule has 0 aliphatic carbocycles. The van der Waals surface area contributed by atoms with Gasteiger partial charge < -0.3 is 37.9 Å². The molecule has 2 aromatic rings. The van der Waals surface area contributed by atoms with E-state index < -0.39 is 54.4 Å². The van der Waals surface area contributed by atoms with Gasteiger partial charge in [-0.2, -0.15) is 0 Å². The van der Waals surface area contributed by atoms with E-state index in [1.807, 2.05) is 0 Å². The molecule has 13 nitrogen and oxygen atoms in total. The highest BCUT2D eigenvalue weighted by Gasteiger charge is 2.51. The smallest absolute Gasteiger partial charge is 0.463 e. The molecule has 43 heavy (non-hydrogen) atoms. The van der Waals surface area contributed by atoms with Crippen LogP contribution in [0.25, 0.3) is 0 Å². The van der Waals surface area contributed by atoms with E-state index >= 15 is 0 Å². The number of hydrogen-bond acceptors (Lipinski definition) is 13. The van der Waals surface area contributed by atoms with Crippen LogP contribution in [0.2, 0.25) is 0 Å². The molecule has 228 valence electrons. The lowest BCUT2D eigenvalue weighted by Crippen LogP contribution is -2.35. The van der Waals surface area contributed by atoms with E-state index in [-0.39, 0.29) is 49.1 Å². The predicted molar refractivity (Wildman–Crippen MR) is 144 cm³/mol. The summed E-state index contributed by atoms with van der Waals surface area (Å²) in [6, 6.07) is 11.4. The minimum atomic E-state index is -0.917. The topological polar surface area (TPSA) is 159 Å². The number of benzene rings is 2. The Balaban J connectivity index is 1.19. The second kappa shape index (κ2) is 14.9. The van der Waals surface area contributed by atoms with Crippen molar-refractivity contribution in [1.29, 1.82) is 0 Å². The van der Waals surface area contributed by atoms with E-state index in [1.165, 1.54) is 55.5 Å². The maximum absolute atomic E-state index is 12.7. The molecule has 4 rings (SSSR count). The van der Waals surface area contributed by atoms with Crippen LogP contribution in [0.15, 0.2) is 61.2 Å². The van der Waals surface area contributed by atoms with Gasteiger partial charge in [-0.3, -0.25) is 4.79 Å². The number of ether oxygens (including phenoxy) is 8. The zero-order valence-corrected chi connectivity index (χ0v) is 23.3. The van der Waals surface area contributed by atoms with Gasteiger partial charge in [-0.1, -0.05) is 6.58 Å². The summed E-state index contributed by atoms with van der Waals surface area (Å²) in [5.74, 6) is -1.90. The zero-order chi connectivity index (χ0) is 30.8. The maximum Gasteiger partial charge on any atom is 0.513 e. The van der Waals surface area contributed by atoms with Gasteiger partial charge in [-0.25, -0.2) is 19.2 Å². The first-order valence-electron chi connectivity index (χ1n) is 13.4. The quantitative estimate of drug-likeness (QED) is 0.0876. The summed E-state index contributed by atoms with van der Waals surface area (Å²) < 4.78 is 42.2. The van der Waals surface area contributed by atoms with Gasteiger partial charge in [0, 0.05) is 13.0 Å². The summed E-state index contributed by atoms with van der Waals surface area (Å²) in [6.45, 7) is 5.12. The molecule has 0 bridgehead atoms. The summed E-state index contributed by atoms with van der Waals surface area (Å²) in [5.41, 5.74) is 0.417. The Bertz CT molecular complexity index is 1320. The molecule has 2 unspecified atom stereocenters. The molecular formula is C30H30O13. The minimum Gasteiger partial charge on any atom is -0.463 e. The summed E-state index contributed by atoms with van der Waals surface area (Å²) >= 11 is 0. The van der Waals surface area contributed by atoms with Crippen LogP contribution in [-0.2, 0) is 38.0 Å². The molecule has 2 aromatic carbocycles. The molecule has 2 aliphatic rings. The van der Waals surface area contributed by atoms with Crippen LogP contribution >= 0.6 is 0 Å². The number of hydrogen-bond donors (Lipinski definition) is 0. The van der Waals surface area contributed by atoms with Crippen molar-refractivity contribution in [3.05, 3.63) is 72.3 Å². The molecule has 13 heteroatoms. The molecule has 2 fully saturated rings. The maximum atomic E-state index is 12.7. The van der Waals surface area contributed by atoms with Crippen LogP contribution in [0.4, 0.5) is 4.79 Å². The SMILES string of the molecule is C=CC(=O)OCCCCOC(=O)Oc1ccc(C(=O)Oc2ccc(C(=O)O[C@H]3COC4C3OC[C@H]4OC(C)=O)cc2)cc1. The monoisotopic (exact) mass is 598 g/mol. The largest absolute Gasteiger partial charge is 0.513 e. The van der Waals surface area contributed by atoms with Crippen LogP contribution < -0.4 is 9.47 Å². The Morgan fingerprint density at radius 1 is 0.744 bits per heavy atom. The third-order valence-corrected chi connectivity index (χ3v) is 6.30. The van der Waals surface area contributed by atoms with Gasteiger partial charge in [0.15, 0.2) is 12.2 Å². The van der Waals surface area contributed by atoms with Gasteiger partial charge in [0.25, 0.3) is 0 Å². The Kier molecular flexibility index (Phi) is 10.8. The Morgan fingerprint density at radius 2 is 1.26 bits per heavy atom. The van der Waals surface area contributed by atoms with E-state index in [1.54, 1.807) is 0 Å². The van der Waals surface area contributed by atoms with Crippen molar-refractivity contribution in [3.63, 3.8) is 0 Å². The number of carbonyl (C=O) groups is 5. The van der Waals surface area contributed by atoms with Gasteiger partial charge in [0.2, 0.25) is 0 Å². The lowest BCUT2D eigenvalue weighted by molar-refractivity contribution is -0.151. The number of fused-ring (bicyclic) bond motifs is 1. The highest BCUT2D eigenvalue weighted by molar-refractivity contribution is 5.92. The molecule has 2 heterocycles. The fourth-order valence-corrected chi connectivity index (χ4v) is 4.25. The Morgan fingerprint density at radius 3 is 1.81 bits per heavy atom. The van der Waals surface area contributed by atoms with Crippen LogP contribution in [0.1, 0.15) is 40.5 Å². The summed E-state index contributed by atoms with van der Waals surface area (Å²) in [7, 11) is 0. The standard InChI is InChI=1S/C30H30O13/c1-3-25(32)36-14-4-5-15-37-30(35)42-22-12-8-19(9-13-22)28(33)41-21-10-6-20(7-11-21)29(34)43-24-17-39-26-23(40-18(2)31)16-38-27(24)26/h3,6-13,23-24,26-27H,1,4-5,14-17H2,2H3/t23-,24+,26?,27?/m1/s1. The third-order valence-electron chi connectivity index (χ3n) is 6.30. The van der Waals surface area contributed by atoms with Gasteiger partial charge in [0.05, 0.1) is 37.6 Å². The van der Waals surface area contributed by atoms with E-state index in [0.29, 0.717) is 12.8 Å². The molecule has 0 saturated carbocycles. The van der Waals surface area contributed by atoms with Crippen molar-refractivity contribution >= 4 is 30.0 Å². The van der Waals surface area contributed by atoms with Crippen LogP contribution in [0.3, 0.4) is 0 Å². The summed E-state index contributed by atoms with van der Waals surface area (Å²) in [4.78, 5) is 59.2. The van der Waals surface area contributed by atoms with E-state index in [9.17, 15) is 24.0 Å². The van der Waals surface area contributed by atoms with Crippen molar-refractivity contribution in [2.24, 2.45) is 0 Å². The molecular weight excluding hydrogens is 568 g/mol. The average molecular weight is 599 g/mol. The summed E-state index contributed by atoms with van der Waals surface area (Å²) in [6.07, 6.45) is -1.13. The molecule has 0 aromatic heterocycles. The first kappa shape index (κ1) is 31.2. The third kappa shape index (κ3) is 8.87. The summed E-state index contributed by atoms with van der Waals surface area (Å²) in [5, 5.41) is 0. The molecule has 2 saturated heterocycles.